The SMILES string of the molecule is Cc1cc(F)c(NC(=O)c2ccccc2NN)cc1F. The molecule has 0 heterocycles. The van der Waals surface area contributed by atoms with Crippen molar-refractivity contribution >= 4 is 17.3 Å². The van der Waals surface area contributed by atoms with E-state index in [9.17, 15) is 13.6 Å². The van der Waals surface area contributed by atoms with E-state index in [1.807, 2.05) is 0 Å². The molecule has 0 fully saturated rings. The van der Waals surface area contributed by atoms with Crippen LogP contribution in [0.15, 0.2) is 36.4 Å². The highest BCUT2D eigenvalue weighted by Gasteiger charge is 2.14. The number of anilines is 2. The van der Waals surface area contributed by atoms with Crippen LogP contribution in [0.2, 0.25) is 0 Å². The second-order valence-electron chi connectivity index (χ2n) is 4.23. The lowest BCUT2D eigenvalue weighted by atomic mass is 10.1. The predicted octanol–water partition coefficient (Wildman–Crippen LogP) is 2.81. The van der Waals surface area contributed by atoms with Crippen molar-refractivity contribution in [1.29, 1.82) is 0 Å². The van der Waals surface area contributed by atoms with Crippen molar-refractivity contribution in [3.8, 4) is 0 Å². The lowest BCUT2D eigenvalue weighted by Crippen LogP contribution is -2.17. The zero-order valence-electron chi connectivity index (χ0n) is 10.7. The fourth-order valence-corrected chi connectivity index (χ4v) is 1.74. The van der Waals surface area contributed by atoms with Crippen LogP contribution in [0.1, 0.15) is 15.9 Å². The fourth-order valence-electron chi connectivity index (χ4n) is 1.74. The summed E-state index contributed by atoms with van der Waals surface area (Å²) in [6.07, 6.45) is 0. The summed E-state index contributed by atoms with van der Waals surface area (Å²) in [5.41, 5.74) is 2.94. The Bertz CT molecular complexity index is 659. The van der Waals surface area contributed by atoms with Crippen molar-refractivity contribution in [2.75, 3.05) is 10.7 Å². The first-order valence-corrected chi connectivity index (χ1v) is 5.85. The molecule has 1 amide bonds. The van der Waals surface area contributed by atoms with Gasteiger partial charge in [-0.05, 0) is 30.7 Å². The molecule has 2 aromatic carbocycles. The quantitative estimate of drug-likeness (QED) is 0.597. The van der Waals surface area contributed by atoms with E-state index < -0.39 is 17.5 Å². The van der Waals surface area contributed by atoms with Gasteiger partial charge in [-0.25, -0.2) is 8.78 Å². The zero-order valence-corrected chi connectivity index (χ0v) is 10.7. The summed E-state index contributed by atoms with van der Waals surface area (Å²) < 4.78 is 27.1. The Morgan fingerprint density at radius 1 is 1.10 bits per heavy atom. The van der Waals surface area contributed by atoms with Gasteiger partial charge in [-0.3, -0.25) is 10.6 Å². The van der Waals surface area contributed by atoms with Crippen LogP contribution in [-0.4, -0.2) is 5.91 Å². The van der Waals surface area contributed by atoms with Crippen LogP contribution < -0.4 is 16.6 Å². The van der Waals surface area contributed by atoms with Crippen LogP contribution in [-0.2, 0) is 0 Å². The minimum absolute atomic E-state index is 0.171. The van der Waals surface area contributed by atoms with Crippen LogP contribution in [0.3, 0.4) is 0 Å². The molecule has 2 aromatic rings. The number of aryl methyl sites for hydroxylation is 1. The van der Waals surface area contributed by atoms with Gasteiger partial charge in [0.2, 0.25) is 0 Å². The Hall–Kier alpha value is -2.47. The number of benzene rings is 2. The van der Waals surface area contributed by atoms with Gasteiger partial charge in [-0.15, -0.1) is 0 Å². The molecule has 0 saturated heterocycles. The third kappa shape index (κ3) is 2.75. The summed E-state index contributed by atoms with van der Waals surface area (Å²) in [5.74, 6) is 3.42. The Morgan fingerprint density at radius 3 is 2.50 bits per heavy atom. The van der Waals surface area contributed by atoms with Crippen LogP contribution in [0, 0.1) is 18.6 Å². The smallest absolute Gasteiger partial charge is 0.257 e. The maximum absolute atomic E-state index is 13.7. The molecule has 0 saturated carbocycles. The topological polar surface area (TPSA) is 67.2 Å². The van der Waals surface area contributed by atoms with Gasteiger partial charge in [-0.2, -0.15) is 0 Å². The number of hydrogen-bond donors (Lipinski definition) is 3. The Kier molecular flexibility index (Phi) is 3.95. The van der Waals surface area contributed by atoms with Crippen molar-refractivity contribution in [3.05, 3.63) is 59.2 Å². The highest BCUT2D eigenvalue weighted by Crippen LogP contribution is 2.21. The maximum Gasteiger partial charge on any atom is 0.257 e. The number of hydrazine groups is 1. The van der Waals surface area contributed by atoms with E-state index in [4.69, 9.17) is 5.84 Å². The number of nitrogens with two attached hydrogens (primary N) is 1. The van der Waals surface area contributed by atoms with E-state index in [0.29, 0.717) is 5.69 Å². The van der Waals surface area contributed by atoms with Gasteiger partial charge < -0.3 is 10.7 Å². The van der Waals surface area contributed by atoms with E-state index in [2.05, 4.69) is 10.7 Å². The van der Waals surface area contributed by atoms with E-state index >= 15 is 0 Å². The monoisotopic (exact) mass is 277 g/mol. The molecule has 0 atom stereocenters. The summed E-state index contributed by atoms with van der Waals surface area (Å²) in [6.45, 7) is 1.44. The number of nitrogens with one attached hydrogen (secondary N) is 2. The van der Waals surface area contributed by atoms with Crippen molar-refractivity contribution in [2.24, 2.45) is 5.84 Å². The molecule has 0 bridgehead atoms. The lowest BCUT2D eigenvalue weighted by Gasteiger charge is -2.10. The molecular weight excluding hydrogens is 264 g/mol. The molecule has 0 aliphatic carbocycles. The number of carbonyl (C=O) groups is 1. The summed E-state index contributed by atoms with van der Waals surface area (Å²) in [6, 6.07) is 8.42. The predicted molar refractivity (Wildman–Crippen MR) is 73.3 cm³/mol. The number of nitrogen functional groups attached to an aromatic ring is 1. The molecule has 0 spiro atoms. The number of carbonyl (C=O) groups excluding carboxylic acids is 1. The fraction of sp³-hybridized carbons (Fsp3) is 0.0714. The molecule has 0 aliphatic heterocycles. The average molecular weight is 277 g/mol. The third-order valence-electron chi connectivity index (χ3n) is 2.82. The average Bonchev–Trinajstić information content (AvgIpc) is 2.44. The van der Waals surface area contributed by atoms with E-state index in [1.165, 1.54) is 13.0 Å². The number of para-hydroxylation sites is 1. The first-order valence-electron chi connectivity index (χ1n) is 5.85. The molecule has 4 N–H and O–H groups in total. The second-order valence-corrected chi connectivity index (χ2v) is 4.23. The Labute approximate surface area is 114 Å². The molecule has 4 nitrogen and oxygen atoms in total. The summed E-state index contributed by atoms with van der Waals surface area (Å²) in [7, 11) is 0. The minimum Gasteiger partial charge on any atom is -0.323 e. The molecule has 0 aromatic heterocycles. The molecular formula is C14H13F2N3O. The largest absolute Gasteiger partial charge is 0.323 e. The van der Waals surface area contributed by atoms with E-state index in [-0.39, 0.29) is 16.8 Å². The second kappa shape index (κ2) is 5.66. The third-order valence-corrected chi connectivity index (χ3v) is 2.82. The van der Waals surface area contributed by atoms with Crippen LogP contribution in [0.5, 0.6) is 0 Å². The van der Waals surface area contributed by atoms with Crippen molar-refractivity contribution < 1.29 is 13.6 Å². The molecule has 104 valence electrons. The molecule has 20 heavy (non-hydrogen) atoms. The van der Waals surface area contributed by atoms with Gasteiger partial charge in [-0.1, -0.05) is 12.1 Å². The van der Waals surface area contributed by atoms with Gasteiger partial charge in [0, 0.05) is 6.07 Å². The molecule has 0 aliphatic rings. The van der Waals surface area contributed by atoms with Crippen molar-refractivity contribution in [3.63, 3.8) is 0 Å². The minimum atomic E-state index is -0.699. The molecule has 0 radical (unpaired) electrons. The Morgan fingerprint density at radius 2 is 1.80 bits per heavy atom. The number of amides is 1. The van der Waals surface area contributed by atoms with Gasteiger partial charge in [0.1, 0.15) is 11.6 Å². The molecule has 0 unspecified atom stereocenters. The summed E-state index contributed by atoms with van der Waals surface area (Å²) in [4.78, 5) is 12.0. The number of hydrogen-bond acceptors (Lipinski definition) is 3. The van der Waals surface area contributed by atoms with Crippen molar-refractivity contribution in [1.82, 2.24) is 0 Å². The maximum atomic E-state index is 13.7. The zero-order chi connectivity index (χ0) is 14.7. The van der Waals surface area contributed by atoms with Gasteiger partial charge >= 0.3 is 0 Å². The van der Waals surface area contributed by atoms with Crippen molar-refractivity contribution in [2.45, 2.75) is 6.92 Å². The first kappa shape index (κ1) is 14.0. The number of rotatable bonds is 3. The summed E-state index contributed by atoms with van der Waals surface area (Å²) in [5, 5.41) is 2.32. The Balaban J connectivity index is 2.30. The van der Waals surface area contributed by atoms with Crippen LogP contribution in [0.4, 0.5) is 20.2 Å². The van der Waals surface area contributed by atoms with E-state index in [0.717, 1.165) is 12.1 Å². The molecule has 2 rings (SSSR count). The van der Waals surface area contributed by atoms with Gasteiger partial charge in [0.05, 0.1) is 16.9 Å². The van der Waals surface area contributed by atoms with Gasteiger partial charge in [0.15, 0.2) is 0 Å². The number of halogens is 2. The lowest BCUT2D eigenvalue weighted by molar-refractivity contribution is 0.102. The highest BCUT2D eigenvalue weighted by molar-refractivity contribution is 6.08. The van der Waals surface area contributed by atoms with Crippen LogP contribution in [0.25, 0.3) is 0 Å². The van der Waals surface area contributed by atoms with E-state index in [1.54, 1.807) is 18.2 Å². The standard InChI is InChI=1S/C14H13F2N3O/c1-8-6-11(16)13(7-10(8)15)18-14(20)9-4-2-3-5-12(9)19-17/h2-7,19H,17H2,1H3,(H,18,20). The first-order chi connectivity index (χ1) is 9.52. The van der Waals surface area contributed by atoms with Gasteiger partial charge in [0.25, 0.3) is 5.91 Å². The van der Waals surface area contributed by atoms with Crippen LogP contribution >= 0.6 is 0 Å². The summed E-state index contributed by atoms with van der Waals surface area (Å²) >= 11 is 0. The normalized spacial score (nSPS) is 10.2. The molecule has 6 heteroatoms. The highest BCUT2D eigenvalue weighted by atomic mass is 19.1.